The van der Waals surface area contributed by atoms with Crippen LogP contribution in [0.2, 0.25) is 0 Å². The fourth-order valence-corrected chi connectivity index (χ4v) is 3.04. The lowest BCUT2D eigenvalue weighted by Gasteiger charge is -2.15. The summed E-state index contributed by atoms with van der Waals surface area (Å²) in [5.74, 6) is -0.228. The molecule has 0 spiro atoms. The molecular weight excluding hydrogens is 356 g/mol. The second-order valence-electron chi connectivity index (χ2n) is 6.00. The highest BCUT2D eigenvalue weighted by atomic mass is 32.2. The van der Waals surface area contributed by atoms with E-state index < -0.39 is 21.8 Å². The van der Waals surface area contributed by atoms with E-state index in [1.807, 2.05) is 0 Å². The van der Waals surface area contributed by atoms with Gasteiger partial charge in [0.15, 0.2) is 9.84 Å². The van der Waals surface area contributed by atoms with Crippen molar-refractivity contribution in [2.75, 3.05) is 6.26 Å². The van der Waals surface area contributed by atoms with Crippen molar-refractivity contribution in [2.45, 2.75) is 23.8 Å². The van der Waals surface area contributed by atoms with E-state index in [4.69, 9.17) is 10.3 Å². The molecule has 0 radical (unpaired) electrons. The zero-order valence-corrected chi connectivity index (χ0v) is 15.1. The minimum atomic E-state index is -3.27. The van der Waals surface area contributed by atoms with Gasteiger partial charge in [0, 0.05) is 24.2 Å². The third kappa shape index (κ3) is 3.58. The van der Waals surface area contributed by atoms with Crippen LogP contribution < -0.4 is 5.73 Å². The molecule has 136 valence electrons. The molecule has 1 aromatic carbocycles. The van der Waals surface area contributed by atoms with Crippen molar-refractivity contribution in [3.8, 4) is 11.4 Å². The van der Waals surface area contributed by atoms with E-state index in [2.05, 4.69) is 10.1 Å². The van der Waals surface area contributed by atoms with Crippen molar-refractivity contribution in [1.82, 2.24) is 14.7 Å². The first-order valence-electron chi connectivity index (χ1n) is 7.84. The monoisotopic (exact) mass is 374 g/mol. The van der Waals surface area contributed by atoms with Crippen LogP contribution in [0, 0.1) is 0 Å². The van der Waals surface area contributed by atoms with Gasteiger partial charge in [-0.2, -0.15) is 4.98 Å². The third-order valence-corrected chi connectivity index (χ3v) is 5.18. The molecule has 2 N–H and O–H groups in total. The van der Waals surface area contributed by atoms with Gasteiger partial charge >= 0.3 is 0 Å². The van der Waals surface area contributed by atoms with Crippen molar-refractivity contribution in [2.24, 2.45) is 5.73 Å². The largest absolute Gasteiger partial charge is 0.339 e. The molecule has 3 rings (SSSR count). The zero-order valence-electron chi connectivity index (χ0n) is 14.2. The average Bonchev–Trinajstić information content (AvgIpc) is 3.31. The molecule has 9 heteroatoms. The van der Waals surface area contributed by atoms with Crippen molar-refractivity contribution in [1.29, 1.82) is 0 Å². The molecule has 0 bridgehead atoms. The predicted octanol–water partition coefficient (Wildman–Crippen LogP) is 1.71. The summed E-state index contributed by atoms with van der Waals surface area (Å²) in [6, 6.07) is 8.78. The highest BCUT2D eigenvalue weighted by Crippen LogP contribution is 2.23. The van der Waals surface area contributed by atoms with Gasteiger partial charge in [-0.15, -0.1) is 0 Å². The van der Waals surface area contributed by atoms with Gasteiger partial charge in [0.25, 0.3) is 0 Å². The smallest absolute Gasteiger partial charge is 0.248 e. The molecule has 0 aliphatic rings. The summed E-state index contributed by atoms with van der Waals surface area (Å²) in [6.07, 6.45) is 4.38. The molecule has 0 aliphatic carbocycles. The number of carbonyl (C=O) groups is 1. The van der Waals surface area contributed by atoms with Gasteiger partial charge in [0.2, 0.25) is 17.6 Å². The minimum absolute atomic E-state index is 0.206. The zero-order chi connectivity index (χ0) is 18.9. The summed E-state index contributed by atoms with van der Waals surface area (Å²) in [5, 5.41) is 3.89. The summed E-state index contributed by atoms with van der Waals surface area (Å²) in [5.41, 5.74) is 6.64. The van der Waals surface area contributed by atoms with Crippen molar-refractivity contribution in [3.05, 3.63) is 54.7 Å². The molecule has 2 aromatic heterocycles. The lowest BCUT2D eigenvalue weighted by molar-refractivity contribution is 0.0862. The molecular formula is C17H18N4O4S. The topological polar surface area (TPSA) is 121 Å². The standard InChI is InChI=1S/C17H18N4O4S/c1-11(14(18)17(22)21-9-3-4-10-21)16-19-15(20-25-16)12-5-7-13(8-6-12)26(2,23)24/h3-11,14H,18H2,1-2H3/t11-,14-/m0/s1. The van der Waals surface area contributed by atoms with Crippen LogP contribution in [0.5, 0.6) is 0 Å². The van der Waals surface area contributed by atoms with Crippen LogP contribution in [-0.2, 0) is 9.84 Å². The fourth-order valence-electron chi connectivity index (χ4n) is 2.41. The van der Waals surface area contributed by atoms with Gasteiger partial charge in [-0.05, 0) is 36.4 Å². The maximum Gasteiger partial charge on any atom is 0.248 e. The number of sulfone groups is 1. The van der Waals surface area contributed by atoms with Crippen LogP contribution in [-0.4, -0.2) is 41.3 Å². The number of hydrogen-bond donors (Lipinski definition) is 1. The Morgan fingerprint density at radius 1 is 1.19 bits per heavy atom. The van der Waals surface area contributed by atoms with E-state index in [0.29, 0.717) is 11.4 Å². The molecule has 2 heterocycles. The molecule has 26 heavy (non-hydrogen) atoms. The van der Waals surface area contributed by atoms with Gasteiger partial charge in [-0.3, -0.25) is 9.36 Å². The second-order valence-corrected chi connectivity index (χ2v) is 8.01. The van der Waals surface area contributed by atoms with E-state index in [-0.39, 0.29) is 16.7 Å². The Labute approximate surface area is 150 Å². The maximum atomic E-state index is 12.3. The van der Waals surface area contributed by atoms with Gasteiger partial charge in [-0.25, -0.2) is 8.42 Å². The Kier molecular flexibility index (Phi) is 4.75. The van der Waals surface area contributed by atoms with Crippen LogP contribution in [0.15, 0.2) is 58.2 Å². The molecule has 0 saturated carbocycles. The predicted molar refractivity (Wildman–Crippen MR) is 94.3 cm³/mol. The Morgan fingerprint density at radius 2 is 1.81 bits per heavy atom. The number of hydrogen-bond acceptors (Lipinski definition) is 7. The molecule has 2 atom stereocenters. The Bertz CT molecular complexity index is 1010. The third-order valence-electron chi connectivity index (χ3n) is 4.05. The summed E-state index contributed by atoms with van der Waals surface area (Å²) in [4.78, 5) is 16.8. The normalized spacial score (nSPS) is 14.1. The average molecular weight is 374 g/mol. The van der Waals surface area contributed by atoms with Crippen LogP contribution in [0.1, 0.15) is 23.5 Å². The van der Waals surface area contributed by atoms with E-state index in [1.54, 1.807) is 43.6 Å². The summed E-state index contributed by atoms with van der Waals surface area (Å²) in [6.45, 7) is 1.73. The van der Waals surface area contributed by atoms with E-state index in [1.165, 1.54) is 16.7 Å². The molecule has 0 aliphatic heterocycles. The highest BCUT2D eigenvalue weighted by molar-refractivity contribution is 7.90. The number of rotatable bonds is 5. The SMILES string of the molecule is C[C@H](c1nc(-c2ccc(S(C)(=O)=O)cc2)no1)[C@H](N)C(=O)n1cccc1. The fraction of sp³-hybridized carbons (Fsp3) is 0.235. The van der Waals surface area contributed by atoms with Gasteiger partial charge in [-0.1, -0.05) is 12.1 Å². The molecule has 0 amide bonds. The van der Waals surface area contributed by atoms with Crippen molar-refractivity contribution >= 4 is 15.7 Å². The van der Waals surface area contributed by atoms with Crippen LogP contribution in [0.25, 0.3) is 11.4 Å². The maximum absolute atomic E-state index is 12.3. The van der Waals surface area contributed by atoms with E-state index in [9.17, 15) is 13.2 Å². The molecule has 3 aromatic rings. The van der Waals surface area contributed by atoms with E-state index in [0.717, 1.165) is 6.26 Å². The van der Waals surface area contributed by atoms with Gasteiger partial charge in [0.05, 0.1) is 16.9 Å². The molecule has 0 fully saturated rings. The summed E-state index contributed by atoms with van der Waals surface area (Å²) in [7, 11) is -3.27. The van der Waals surface area contributed by atoms with Crippen LogP contribution in [0.4, 0.5) is 0 Å². The molecule has 0 unspecified atom stereocenters. The first kappa shape index (κ1) is 18.0. The number of nitrogens with zero attached hydrogens (tertiary/aromatic N) is 3. The van der Waals surface area contributed by atoms with Gasteiger partial charge < -0.3 is 10.3 Å². The van der Waals surface area contributed by atoms with Crippen LogP contribution >= 0.6 is 0 Å². The van der Waals surface area contributed by atoms with E-state index >= 15 is 0 Å². The Hall–Kier alpha value is -2.78. The lowest BCUT2D eigenvalue weighted by Crippen LogP contribution is -2.38. The highest BCUT2D eigenvalue weighted by Gasteiger charge is 2.28. The van der Waals surface area contributed by atoms with Crippen molar-refractivity contribution in [3.63, 3.8) is 0 Å². The summed E-state index contributed by atoms with van der Waals surface area (Å²) >= 11 is 0. The lowest BCUT2D eigenvalue weighted by atomic mass is 10.0. The Morgan fingerprint density at radius 3 is 2.38 bits per heavy atom. The molecule has 0 saturated heterocycles. The van der Waals surface area contributed by atoms with Crippen LogP contribution in [0.3, 0.4) is 0 Å². The Balaban J connectivity index is 1.80. The summed E-state index contributed by atoms with van der Waals surface area (Å²) < 4.78 is 29.7. The quantitative estimate of drug-likeness (QED) is 0.721. The number of nitrogens with two attached hydrogens (primary N) is 1. The minimum Gasteiger partial charge on any atom is -0.339 e. The first-order chi connectivity index (χ1) is 12.3. The van der Waals surface area contributed by atoms with Crippen molar-refractivity contribution < 1.29 is 17.7 Å². The first-order valence-corrected chi connectivity index (χ1v) is 9.73. The molecule has 8 nitrogen and oxygen atoms in total. The van der Waals surface area contributed by atoms with Gasteiger partial charge in [0.1, 0.15) is 0 Å². The number of aromatic nitrogens is 3. The number of carbonyl (C=O) groups excluding carboxylic acids is 1. The number of benzene rings is 1. The second kappa shape index (κ2) is 6.85.